The van der Waals surface area contributed by atoms with E-state index in [0.29, 0.717) is 5.56 Å². The normalized spacial score (nSPS) is 11.4. The molecule has 112 valence electrons. The van der Waals surface area contributed by atoms with Gasteiger partial charge in [-0.2, -0.15) is 24.5 Å². The summed E-state index contributed by atoms with van der Waals surface area (Å²) in [6.45, 7) is -1.32. The zero-order chi connectivity index (χ0) is 15.5. The molecular weight excluding hydrogens is 367 g/mol. The molecule has 0 spiro atoms. The number of carbonyl (C=O) groups is 1. The van der Waals surface area contributed by atoms with Crippen LogP contribution in [0.3, 0.4) is 0 Å². The second kappa shape index (κ2) is 6.62. The fourth-order valence-electron chi connectivity index (χ4n) is 1.79. The van der Waals surface area contributed by atoms with Crippen LogP contribution in [0.25, 0.3) is 0 Å². The van der Waals surface area contributed by atoms with E-state index in [9.17, 15) is 18.0 Å². The van der Waals surface area contributed by atoms with Gasteiger partial charge in [0.15, 0.2) is 0 Å². The molecule has 1 heterocycles. The predicted octanol–water partition coefficient (Wildman–Crippen LogP) is 4.72. The molecular formula is C14H11BrF3NOS. The van der Waals surface area contributed by atoms with Crippen molar-refractivity contribution in [2.75, 3.05) is 6.54 Å². The lowest BCUT2D eigenvalue weighted by Gasteiger charge is -2.23. The average Bonchev–Trinajstić information content (AvgIpc) is 2.89. The molecule has 0 N–H and O–H groups in total. The highest BCUT2D eigenvalue weighted by Crippen LogP contribution is 2.21. The van der Waals surface area contributed by atoms with Crippen molar-refractivity contribution < 1.29 is 18.0 Å². The molecule has 0 fully saturated rings. The van der Waals surface area contributed by atoms with Crippen LogP contribution < -0.4 is 0 Å². The largest absolute Gasteiger partial charge is 0.406 e. The van der Waals surface area contributed by atoms with Crippen molar-refractivity contribution in [3.8, 4) is 0 Å². The number of rotatable bonds is 4. The molecule has 0 unspecified atom stereocenters. The Morgan fingerprint density at radius 1 is 1.19 bits per heavy atom. The van der Waals surface area contributed by atoms with Crippen molar-refractivity contribution in [2.45, 2.75) is 12.7 Å². The number of halogens is 4. The van der Waals surface area contributed by atoms with Gasteiger partial charge in [-0.05, 0) is 46.7 Å². The summed E-state index contributed by atoms with van der Waals surface area (Å²) >= 11 is 4.61. The fourth-order valence-corrected chi connectivity index (χ4v) is 2.72. The van der Waals surface area contributed by atoms with Crippen LogP contribution in [0.5, 0.6) is 0 Å². The first-order valence-corrected chi connectivity index (χ1v) is 7.71. The zero-order valence-corrected chi connectivity index (χ0v) is 13.1. The van der Waals surface area contributed by atoms with E-state index in [2.05, 4.69) is 15.9 Å². The number of nitrogens with zero attached hydrogens (tertiary/aromatic N) is 1. The molecule has 1 aromatic carbocycles. The number of benzene rings is 1. The quantitative estimate of drug-likeness (QED) is 0.754. The molecule has 0 saturated carbocycles. The number of thiophene rings is 1. The van der Waals surface area contributed by atoms with Gasteiger partial charge in [0.2, 0.25) is 0 Å². The molecule has 2 rings (SSSR count). The van der Waals surface area contributed by atoms with Crippen LogP contribution in [0.1, 0.15) is 15.9 Å². The molecule has 0 saturated heterocycles. The Labute approximate surface area is 132 Å². The van der Waals surface area contributed by atoms with E-state index in [0.717, 1.165) is 9.37 Å². The number of alkyl halides is 3. The topological polar surface area (TPSA) is 20.3 Å². The zero-order valence-electron chi connectivity index (χ0n) is 10.7. The Kier molecular flexibility index (Phi) is 5.05. The highest BCUT2D eigenvalue weighted by Gasteiger charge is 2.33. The van der Waals surface area contributed by atoms with Gasteiger partial charge >= 0.3 is 6.18 Å². The summed E-state index contributed by atoms with van der Waals surface area (Å²) in [6.07, 6.45) is -4.43. The molecule has 1 aromatic heterocycles. The Morgan fingerprint density at radius 2 is 1.86 bits per heavy atom. The summed E-state index contributed by atoms with van der Waals surface area (Å²) in [5.41, 5.74) is 0.924. The molecule has 7 heteroatoms. The van der Waals surface area contributed by atoms with Crippen LogP contribution in [-0.4, -0.2) is 23.5 Å². The van der Waals surface area contributed by atoms with Crippen molar-refractivity contribution in [1.82, 2.24) is 4.90 Å². The van der Waals surface area contributed by atoms with Gasteiger partial charge in [0, 0.05) is 16.6 Å². The van der Waals surface area contributed by atoms with Gasteiger partial charge in [0.05, 0.1) is 0 Å². The predicted molar refractivity (Wildman–Crippen MR) is 79.3 cm³/mol. The molecule has 2 aromatic rings. The third-order valence-electron chi connectivity index (χ3n) is 2.70. The van der Waals surface area contributed by atoms with Gasteiger partial charge in [0.25, 0.3) is 5.91 Å². The second-order valence-corrected chi connectivity index (χ2v) is 6.11. The average molecular weight is 378 g/mol. The molecule has 2 nitrogen and oxygen atoms in total. The summed E-state index contributed by atoms with van der Waals surface area (Å²) in [6, 6.07) is 7.98. The molecule has 0 atom stereocenters. The van der Waals surface area contributed by atoms with E-state index in [-0.39, 0.29) is 12.1 Å². The third-order valence-corrected chi connectivity index (χ3v) is 3.96. The summed E-state index contributed by atoms with van der Waals surface area (Å²) in [4.78, 5) is 13.1. The first-order chi connectivity index (χ1) is 9.85. The van der Waals surface area contributed by atoms with E-state index in [1.807, 2.05) is 0 Å². The molecule has 0 aliphatic carbocycles. The van der Waals surface area contributed by atoms with Crippen LogP contribution in [0.4, 0.5) is 13.2 Å². The summed E-state index contributed by atoms with van der Waals surface area (Å²) in [5.74, 6) is -0.633. The summed E-state index contributed by atoms with van der Waals surface area (Å²) in [7, 11) is 0. The number of amides is 1. The maximum atomic E-state index is 12.7. The molecule has 0 bridgehead atoms. The molecule has 21 heavy (non-hydrogen) atoms. The number of carbonyl (C=O) groups excluding carboxylic acids is 1. The van der Waals surface area contributed by atoms with Crippen molar-refractivity contribution >= 4 is 33.2 Å². The van der Waals surface area contributed by atoms with Crippen molar-refractivity contribution in [3.05, 3.63) is 56.7 Å². The van der Waals surface area contributed by atoms with E-state index < -0.39 is 18.6 Å². The van der Waals surface area contributed by atoms with E-state index >= 15 is 0 Å². The van der Waals surface area contributed by atoms with Gasteiger partial charge in [0.1, 0.15) is 6.54 Å². The minimum atomic E-state index is -4.43. The van der Waals surface area contributed by atoms with Gasteiger partial charge in [-0.1, -0.05) is 15.9 Å². The van der Waals surface area contributed by atoms with Crippen molar-refractivity contribution in [1.29, 1.82) is 0 Å². The van der Waals surface area contributed by atoms with Crippen LogP contribution >= 0.6 is 27.3 Å². The van der Waals surface area contributed by atoms with Crippen LogP contribution in [-0.2, 0) is 6.54 Å². The maximum Gasteiger partial charge on any atom is 0.406 e. The lowest BCUT2D eigenvalue weighted by atomic mass is 10.2. The molecule has 0 aliphatic heterocycles. The molecule has 0 radical (unpaired) electrons. The minimum absolute atomic E-state index is 0.0576. The fraction of sp³-hybridized carbons (Fsp3) is 0.214. The lowest BCUT2D eigenvalue weighted by Crippen LogP contribution is -2.38. The SMILES string of the molecule is O=C(c1ccc(Br)cc1)N(Cc1ccsc1)CC(F)(F)F. The summed E-state index contributed by atoms with van der Waals surface area (Å²) in [5, 5.41) is 3.50. The Morgan fingerprint density at radius 3 is 2.38 bits per heavy atom. The molecule has 1 amide bonds. The Bertz CT molecular complexity index is 596. The highest BCUT2D eigenvalue weighted by atomic mass is 79.9. The first kappa shape index (κ1) is 16.0. The minimum Gasteiger partial charge on any atom is -0.325 e. The van der Waals surface area contributed by atoms with Crippen molar-refractivity contribution in [2.24, 2.45) is 0 Å². The van der Waals surface area contributed by atoms with E-state index in [1.165, 1.54) is 23.5 Å². The van der Waals surface area contributed by atoms with Gasteiger partial charge in [-0.15, -0.1) is 0 Å². The van der Waals surface area contributed by atoms with Gasteiger partial charge in [-0.25, -0.2) is 0 Å². The summed E-state index contributed by atoms with van der Waals surface area (Å²) < 4.78 is 38.8. The first-order valence-electron chi connectivity index (χ1n) is 5.98. The van der Waals surface area contributed by atoms with Crippen molar-refractivity contribution in [3.63, 3.8) is 0 Å². The second-order valence-electron chi connectivity index (χ2n) is 4.41. The maximum absolute atomic E-state index is 12.7. The van der Waals surface area contributed by atoms with Crippen LogP contribution in [0.2, 0.25) is 0 Å². The molecule has 0 aliphatic rings. The van der Waals surface area contributed by atoms with Crippen LogP contribution in [0, 0.1) is 0 Å². The van der Waals surface area contributed by atoms with Gasteiger partial charge in [-0.3, -0.25) is 4.79 Å². The van der Waals surface area contributed by atoms with Crippen LogP contribution in [0.15, 0.2) is 45.6 Å². The monoisotopic (exact) mass is 377 g/mol. The smallest absolute Gasteiger partial charge is 0.325 e. The highest BCUT2D eigenvalue weighted by molar-refractivity contribution is 9.10. The lowest BCUT2D eigenvalue weighted by molar-refractivity contribution is -0.141. The standard InChI is InChI=1S/C14H11BrF3NOS/c15-12-3-1-11(2-4-12)13(20)19(9-14(16,17)18)7-10-5-6-21-8-10/h1-6,8H,7,9H2. The van der Waals surface area contributed by atoms with E-state index in [1.54, 1.807) is 29.0 Å². The van der Waals surface area contributed by atoms with E-state index in [4.69, 9.17) is 0 Å². The van der Waals surface area contributed by atoms with Gasteiger partial charge < -0.3 is 4.90 Å². The number of hydrogen-bond acceptors (Lipinski definition) is 2. The number of hydrogen-bond donors (Lipinski definition) is 0. The Balaban J connectivity index is 2.21. The third kappa shape index (κ3) is 4.86. The Hall–Kier alpha value is -1.34.